The quantitative estimate of drug-likeness (QED) is 0.497. The van der Waals surface area contributed by atoms with E-state index in [0.717, 1.165) is 16.7 Å². The van der Waals surface area contributed by atoms with Crippen LogP contribution in [0.15, 0.2) is 77.5 Å². The van der Waals surface area contributed by atoms with Crippen molar-refractivity contribution in [2.24, 2.45) is 0 Å². The number of methoxy groups -OCH3 is 2. The first-order chi connectivity index (χ1) is 13.3. The Morgan fingerprint density at radius 2 is 1.48 bits per heavy atom. The van der Waals surface area contributed by atoms with Gasteiger partial charge >= 0.3 is 0 Å². The van der Waals surface area contributed by atoms with Crippen LogP contribution in [0.2, 0.25) is 0 Å². The molecule has 0 unspecified atom stereocenters. The van der Waals surface area contributed by atoms with Crippen molar-refractivity contribution in [3.8, 4) is 45.5 Å². The average molecular weight is 358 g/mol. The zero-order valence-corrected chi connectivity index (χ0v) is 15.0. The molecule has 4 rings (SSSR count). The lowest BCUT2D eigenvalue weighted by Crippen LogP contribution is -1.94. The number of pyridine rings is 1. The van der Waals surface area contributed by atoms with E-state index in [0.29, 0.717) is 28.8 Å². The Bertz CT molecular complexity index is 1020. The normalized spacial score (nSPS) is 10.6. The van der Waals surface area contributed by atoms with Crippen LogP contribution in [0.3, 0.4) is 0 Å². The van der Waals surface area contributed by atoms with Crippen molar-refractivity contribution in [2.45, 2.75) is 0 Å². The van der Waals surface area contributed by atoms with Crippen molar-refractivity contribution in [2.75, 3.05) is 14.2 Å². The number of nitrogens with zero attached hydrogens (tertiary/aromatic N) is 2. The Morgan fingerprint density at radius 1 is 0.778 bits per heavy atom. The first kappa shape index (κ1) is 16.8. The van der Waals surface area contributed by atoms with E-state index in [-0.39, 0.29) is 0 Å². The summed E-state index contributed by atoms with van der Waals surface area (Å²) < 4.78 is 17.3. The summed E-state index contributed by atoms with van der Waals surface area (Å²) in [6.07, 6.45) is 3.44. The number of oxazole rings is 1. The van der Waals surface area contributed by atoms with Gasteiger partial charge in [-0.05, 0) is 24.3 Å². The van der Waals surface area contributed by atoms with E-state index in [4.69, 9.17) is 18.9 Å². The Hall–Kier alpha value is -3.60. The fraction of sp³-hybridized carbons (Fsp3) is 0.0909. The van der Waals surface area contributed by atoms with Gasteiger partial charge in [0.25, 0.3) is 0 Å². The molecule has 0 aliphatic heterocycles. The molecule has 0 atom stereocenters. The van der Waals surface area contributed by atoms with E-state index in [1.54, 1.807) is 26.6 Å². The van der Waals surface area contributed by atoms with Crippen LogP contribution >= 0.6 is 0 Å². The van der Waals surface area contributed by atoms with Crippen LogP contribution in [0.4, 0.5) is 0 Å². The highest BCUT2D eigenvalue weighted by molar-refractivity contribution is 5.85. The molecule has 5 heteroatoms. The minimum absolute atomic E-state index is 0.491. The predicted octanol–water partition coefficient (Wildman–Crippen LogP) is 5.09. The number of rotatable bonds is 5. The van der Waals surface area contributed by atoms with Crippen LogP contribution in [0.5, 0.6) is 11.5 Å². The standard InChI is InChI=1S/C22H18N2O3/c1-25-17-11-6-12-18(26-2)19(17)20-21(15-8-4-3-5-9-15)27-22(24-20)16-10-7-13-23-14-16/h3-14H,1-2H3. The topological polar surface area (TPSA) is 57.4 Å². The molecule has 0 saturated heterocycles. The van der Waals surface area contributed by atoms with Crippen molar-refractivity contribution >= 4 is 0 Å². The molecule has 0 bridgehead atoms. The van der Waals surface area contributed by atoms with Gasteiger partial charge < -0.3 is 13.9 Å². The van der Waals surface area contributed by atoms with E-state index >= 15 is 0 Å². The highest BCUT2D eigenvalue weighted by Crippen LogP contribution is 2.44. The van der Waals surface area contributed by atoms with Crippen LogP contribution in [0.25, 0.3) is 34.0 Å². The second-order valence-corrected chi connectivity index (χ2v) is 5.84. The van der Waals surface area contributed by atoms with Gasteiger partial charge in [0.05, 0.1) is 25.3 Å². The molecular weight excluding hydrogens is 340 g/mol. The Labute approximate surface area is 157 Å². The smallest absolute Gasteiger partial charge is 0.228 e. The van der Waals surface area contributed by atoms with E-state index in [2.05, 4.69) is 4.98 Å². The molecule has 0 radical (unpaired) electrons. The summed E-state index contributed by atoms with van der Waals surface area (Å²) in [7, 11) is 3.26. The maximum absolute atomic E-state index is 6.18. The highest BCUT2D eigenvalue weighted by atomic mass is 16.5. The summed E-state index contributed by atoms with van der Waals surface area (Å²) >= 11 is 0. The van der Waals surface area contributed by atoms with Gasteiger partial charge in [0.2, 0.25) is 5.89 Å². The van der Waals surface area contributed by atoms with Crippen LogP contribution in [0, 0.1) is 0 Å². The minimum Gasteiger partial charge on any atom is -0.496 e. The lowest BCUT2D eigenvalue weighted by atomic mass is 10.0. The zero-order chi connectivity index (χ0) is 18.6. The molecule has 2 aromatic heterocycles. The molecule has 0 fully saturated rings. The average Bonchev–Trinajstić information content (AvgIpc) is 3.19. The molecule has 0 amide bonds. The molecule has 2 heterocycles. The third-order valence-corrected chi connectivity index (χ3v) is 4.24. The molecule has 0 saturated carbocycles. The van der Waals surface area contributed by atoms with E-state index in [1.165, 1.54) is 0 Å². The molecule has 0 N–H and O–H groups in total. The lowest BCUT2D eigenvalue weighted by Gasteiger charge is -2.12. The summed E-state index contributed by atoms with van der Waals surface area (Å²) in [5, 5.41) is 0. The van der Waals surface area contributed by atoms with Crippen molar-refractivity contribution in [1.82, 2.24) is 9.97 Å². The van der Waals surface area contributed by atoms with Gasteiger partial charge in [0, 0.05) is 18.0 Å². The van der Waals surface area contributed by atoms with Gasteiger partial charge in [0.15, 0.2) is 5.76 Å². The molecular formula is C22H18N2O3. The van der Waals surface area contributed by atoms with Crippen molar-refractivity contribution in [1.29, 1.82) is 0 Å². The zero-order valence-electron chi connectivity index (χ0n) is 15.0. The van der Waals surface area contributed by atoms with Crippen LogP contribution in [-0.4, -0.2) is 24.2 Å². The van der Waals surface area contributed by atoms with Crippen LogP contribution in [-0.2, 0) is 0 Å². The summed E-state index contributed by atoms with van der Waals surface area (Å²) in [4.78, 5) is 8.94. The number of hydrogen-bond donors (Lipinski definition) is 0. The van der Waals surface area contributed by atoms with Gasteiger partial charge in [-0.2, -0.15) is 0 Å². The van der Waals surface area contributed by atoms with Crippen molar-refractivity contribution in [3.05, 3.63) is 73.1 Å². The van der Waals surface area contributed by atoms with Gasteiger partial charge in [-0.15, -0.1) is 0 Å². The lowest BCUT2D eigenvalue weighted by molar-refractivity contribution is 0.397. The van der Waals surface area contributed by atoms with E-state index in [1.807, 2.05) is 60.7 Å². The molecule has 27 heavy (non-hydrogen) atoms. The summed E-state index contributed by atoms with van der Waals surface area (Å²) in [5.41, 5.74) is 3.13. The Morgan fingerprint density at radius 3 is 2.11 bits per heavy atom. The molecule has 4 aromatic rings. The maximum Gasteiger partial charge on any atom is 0.228 e. The van der Waals surface area contributed by atoms with E-state index in [9.17, 15) is 0 Å². The van der Waals surface area contributed by atoms with Gasteiger partial charge in [-0.25, -0.2) is 4.98 Å². The molecule has 0 aliphatic carbocycles. The fourth-order valence-corrected chi connectivity index (χ4v) is 2.97. The monoisotopic (exact) mass is 358 g/mol. The first-order valence-corrected chi connectivity index (χ1v) is 8.50. The minimum atomic E-state index is 0.491. The summed E-state index contributed by atoms with van der Waals surface area (Å²) in [6.45, 7) is 0. The molecule has 0 aliphatic rings. The third-order valence-electron chi connectivity index (χ3n) is 4.24. The maximum atomic E-state index is 6.18. The van der Waals surface area contributed by atoms with Crippen molar-refractivity contribution in [3.63, 3.8) is 0 Å². The largest absolute Gasteiger partial charge is 0.496 e. The highest BCUT2D eigenvalue weighted by Gasteiger charge is 2.23. The number of hydrogen-bond acceptors (Lipinski definition) is 5. The van der Waals surface area contributed by atoms with Crippen molar-refractivity contribution < 1.29 is 13.9 Å². The molecule has 2 aromatic carbocycles. The summed E-state index contributed by atoms with van der Waals surface area (Å²) in [5.74, 6) is 2.47. The predicted molar refractivity (Wildman–Crippen MR) is 104 cm³/mol. The van der Waals surface area contributed by atoms with Gasteiger partial charge in [-0.3, -0.25) is 4.98 Å². The third kappa shape index (κ3) is 3.15. The Balaban J connectivity index is 1.99. The number of benzene rings is 2. The fourth-order valence-electron chi connectivity index (χ4n) is 2.97. The first-order valence-electron chi connectivity index (χ1n) is 8.50. The van der Waals surface area contributed by atoms with Gasteiger partial charge in [0.1, 0.15) is 17.2 Å². The molecule has 134 valence electrons. The van der Waals surface area contributed by atoms with Gasteiger partial charge in [-0.1, -0.05) is 36.4 Å². The summed E-state index contributed by atoms with van der Waals surface area (Å²) in [6, 6.07) is 19.3. The van der Waals surface area contributed by atoms with Crippen LogP contribution < -0.4 is 9.47 Å². The molecule has 5 nitrogen and oxygen atoms in total. The number of ether oxygens (including phenoxy) is 2. The second-order valence-electron chi connectivity index (χ2n) is 5.84. The SMILES string of the molecule is COc1cccc(OC)c1-c1nc(-c2cccnc2)oc1-c1ccccc1. The van der Waals surface area contributed by atoms with E-state index < -0.39 is 0 Å². The Kier molecular flexibility index (Phi) is 4.58. The number of aromatic nitrogens is 2. The molecule has 0 spiro atoms. The second kappa shape index (κ2) is 7.33. The van der Waals surface area contributed by atoms with Crippen LogP contribution in [0.1, 0.15) is 0 Å².